The number of hydrogen-bond acceptors (Lipinski definition) is 4. The minimum Gasteiger partial charge on any atom is -0.320 e. The molecule has 0 spiro atoms. The number of aryl methyl sites for hydroxylation is 1. The maximum Gasteiger partial charge on any atom is 0.252 e. The van der Waals surface area contributed by atoms with E-state index in [1.54, 1.807) is 0 Å². The van der Waals surface area contributed by atoms with Crippen molar-refractivity contribution >= 4 is 10.0 Å². The first-order valence-corrected chi connectivity index (χ1v) is 7.23. The first-order chi connectivity index (χ1) is 8.87. The van der Waals surface area contributed by atoms with E-state index >= 15 is 0 Å². The van der Waals surface area contributed by atoms with Crippen LogP contribution < -0.4 is 5.32 Å². The summed E-state index contributed by atoms with van der Waals surface area (Å²) < 4.78 is 50.4. The summed E-state index contributed by atoms with van der Waals surface area (Å²) in [5.74, 6) is 0. The summed E-state index contributed by atoms with van der Waals surface area (Å²) in [5, 5.41) is 6.88. The van der Waals surface area contributed by atoms with Crippen molar-refractivity contribution in [2.24, 2.45) is 0 Å². The van der Waals surface area contributed by atoms with Crippen molar-refractivity contribution in [2.75, 3.05) is 27.2 Å². The number of halogens is 2. The molecule has 1 rings (SSSR count). The van der Waals surface area contributed by atoms with Crippen LogP contribution in [0.3, 0.4) is 0 Å². The van der Waals surface area contributed by atoms with E-state index in [0.717, 1.165) is 20.0 Å². The Morgan fingerprint density at radius 3 is 2.79 bits per heavy atom. The number of sulfonamides is 1. The van der Waals surface area contributed by atoms with Crippen LogP contribution >= 0.6 is 0 Å². The van der Waals surface area contributed by atoms with Crippen LogP contribution in [-0.4, -0.2) is 56.1 Å². The molecule has 0 amide bonds. The lowest BCUT2D eigenvalue weighted by Gasteiger charge is -2.14. The molecule has 1 N–H and O–H groups in total. The van der Waals surface area contributed by atoms with Crippen LogP contribution in [0.1, 0.15) is 6.42 Å². The van der Waals surface area contributed by atoms with Crippen LogP contribution in [0.25, 0.3) is 0 Å². The lowest BCUT2D eigenvalue weighted by atomic mass is 10.4. The molecule has 0 bridgehead atoms. The largest absolute Gasteiger partial charge is 0.320 e. The summed E-state index contributed by atoms with van der Waals surface area (Å²) in [7, 11) is -0.947. The average molecular weight is 296 g/mol. The molecular weight excluding hydrogens is 278 g/mol. The van der Waals surface area contributed by atoms with Gasteiger partial charge in [0.05, 0.1) is 12.7 Å². The molecule has 6 nitrogen and oxygen atoms in total. The van der Waals surface area contributed by atoms with E-state index < -0.39 is 23.0 Å². The SMILES string of the molecule is CNCCCn1cc(S(=O)(=O)N(C)CC(F)F)cn1. The molecule has 9 heteroatoms. The van der Waals surface area contributed by atoms with Gasteiger partial charge in [0.2, 0.25) is 10.0 Å². The monoisotopic (exact) mass is 296 g/mol. The second kappa shape index (κ2) is 6.92. The summed E-state index contributed by atoms with van der Waals surface area (Å²) in [6.07, 6.45) is 0.624. The van der Waals surface area contributed by atoms with Gasteiger partial charge in [0, 0.05) is 19.8 Å². The van der Waals surface area contributed by atoms with Crippen LogP contribution in [0.15, 0.2) is 17.3 Å². The highest BCUT2D eigenvalue weighted by Crippen LogP contribution is 2.14. The van der Waals surface area contributed by atoms with Crippen LogP contribution in [0.2, 0.25) is 0 Å². The van der Waals surface area contributed by atoms with Gasteiger partial charge >= 0.3 is 0 Å². The van der Waals surface area contributed by atoms with Crippen molar-refractivity contribution in [3.63, 3.8) is 0 Å². The van der Waals surface area contributed by atoms with Gasteiger partial charge in [0.1, 0.15) is 4.90 Å². The van der Waals surface area contributed by atoms with Crippen molar-refractivity contribution in [1.82, 2.24) is 19.4 Å². The summed E-state index contributed by atoms with van der Waals surface area (Å²) in [6.45, 7) is 0.523. The van der Waals surface area contributed by atoms with Gasteiger partial charge in [-0.1, -0.05) is 0 Å². The van der Waals surface area contributed by atoms with Crippen LogP contribution in [0, 0.1) is 0 Å². The fourth-order valence-electron chi connectivity index (χ4n) is 1.49. The van der Waals surface area contributed by atoms with Gasteiger partial charge in [-0.2, -0.15) is 9.40 Å². The minimum absolute atomic E-state index is 0.0693. The summed E-state index contributed by atoms with van der Waals surface area (Å²) >= 11 is 0. The fourth-order valence-corrected chi connectivity index (χ4v) is 2.59. The normalized spacial score (nSPS) is 12.5. The highest BCUT2D eigenvalue weighted by molar-refractivity contribution is 7.89. The molecule has 0 saturated carbocycles. The molecule has 19 heavy (non-hydrogen) atoms. The predicted molar refractivity (Wildman–Crippen MR) is 66.6 cm³/mol. The number of hydrogen-bond donors (Lipinski definition) is 1. The lowest BCUT2D eigenvalue weighted by Crippen LogP contribution is -2.31. The molecule has 110 valence electrons. The number of aromatic nitrogens is 2. The van der Waals surface area contributed by atoms with Crippen molar-refractivity contribution in [3.8, 4) is 0 Å². The first kappa shape index (κ1) is 16.0. The molecule has 0 aliphatic heterocycles. The van der Waals surface area contributed by atoms with Gasteiger partial charge in [0.25, 0.3) is 6.43 Å². The zero-order valence-corrected chi connectivity index (χ0v) is 11.7. The Morgan fingerprint density at radius 1 is 1.53 bits per heavy atom. The molecule has 0 aliphatic rings. The van der Waals surface area contributed by atoms with E-state index in [9.17, 15) is 17.2 Å². The highest BCUT2D eigenvalue weighted by Gasteiger charge is 2.24. The Morgan fingerprint density at radius 2 is 2.21 bits per heavy atom. The van der Waals surface area contributed by atoms with Crippen LogP contribution in [-0.2, 0) is 16.6 Å². The van der Waals surface area contributed by atoms with Crippen LogP contribution in [0.4, 0.5) is 8.78 Å². The summed E-state index contributed by atoms with van der Waals surface area (Å²) in [6, 6.07) is 0. The van der Waals surface area contributed by atoms with Crippen molar-refractivity contribution < 1.29 is 17.2 Å². The number of nitrogens with one attached hydrogen (secondary N) is 1. The number of rotatable bonds is 8. The van der Waals surface area contributed by atoms with E-state index in [0.29, 0.717) is 10.8 Å². The smallest absolute Gasteiger partial charge is 0.252 e. The van der Waals surface area contributed by atoms with E-state index in [1.165, 1.54) is 17.1 Å². The Kier molecular flexibility index (Phi) is 5.83. The number of nitrogens with zero attached hydrogens (tertiary/aromatic N) is 3. The van der Waals surface area contributed by atoms with Gasteiger partial charge in [-0.05, 0) is 20.0 Å². The second-order valence-electron chi connectivity index (χ2n) is 4.07. The predicted octanol–water partition coefficient (Wildman–Crippen LogP) is 0.378. The van der Waals surface area contributed by atoms with Gasteiger partial charge < -0.3 is 5.32 Å². The standard InChI is InChI=1S/C10H18F2N4O2S/c1-13-4-3-5-16-7-9(6-14-16)19(17,18)15(2)8-10(11)12/h6-7,10,13H,3-5,8H2,1-2H3. The van der Waals surface area contributed by atoms with Crippen molar-refractivity contribution in [1.29, 1.82) is 0 Å². The minimum atomic E-state index is -3.89. The topological polar surface area (TPSA) is 67.2 Å². The van der Waals surface area contributed by atoms with Crippen LogP contribution in [0.5, 0.6) is 0 Å². The Labute approximate surface area is 111 Å². The third-order valence-corrected chi connectivity index (χ3v) is 4.30. The lowest BCUT2D eigenvalue weighted by molar-refractivity contribution is 0.126. The molecule has 0 radical (unpaired) electrons. The Bertz CT molecular complexity index is 489. The molecule has 1 aromatic heterocycles. The fraction of sp³-hybridized carbons (Fsp3) is 0.700. The number of alkyl halides is 2. The summed E-state index contributed by atoms with van der Waals surface area (Å²) in [5.41, 5.74) is 0. The van der Waals surface area contributed by atoms with Crippen molar-refractivity contribution in [3.05, 3.63) is 12.4 Å². The molecule has 0 fully saturated rings. The quantitative estimate of drug-likeness (QED) is 0.704. The Balaban J connectivity index is 2.73. The molecule has 0 unspecified atom stereocenters. The molecule has 0 aliphatic carbocycles. The van der Waals surface area contributed by atoms with Gasteiger partial charge in [-0.15, -0.1) is 0 Å². The Hall–Kier alpha value is -1.06. The van der Waals surface area contributed by atoms with Gasteiger partial charge in [-0.3, -0.25) is 4.68 Å². The molecule has 0 saturated heterocycles. The van der Waals surface area contributed by atoms with Crippen molar-refractivity contribution in [2.45, 2.75) is 24.3 Å². The van der Waals surface area contributed by atoms with E-state index in [1.807, 2.05) is 7.05 Å². The first-order valence-electron chi connectivity index (χ1n) is 5.79. The molecule has 0 aromatic carbocycles. The third kappa shape index (κ3) is 4.51. The maximum absolute atomic E-state index is 12.2. The molecule has 0 atom stereocenters. The average Bonchev–Trinajstić information content (AvgIpc) is 2.78. The molecule has 1 aromatic rings. The molecule has 1 heterocycles. The van der Waals surface area contributed by atoms with E-state index in [4.69, 9.17) is 0 Å². The third-order valence-electron chi connectivity index (χ3n) is 2.53. The highest BCUT2D eigenvalue weighted by atomic mass is 32.2. The zero-order valence-electron chi connectivity index (χ0n) is 10.9. The molecular formula is C10H18F2N4O2S. The van der Waals surface area contributed by atoms with E-state index in [2.05, 4.69) is 10.4 Å². The van der Waals surface area contributed by atoms with Gasteiger partial charge in [0.15, 0.2) is 0 Å². The van der Waals surface area contributed by atoms with E-state index in [-0.39, 0.29) is 4.90 Å². The van der Waals surface area contributed by atoms with Gasteiger partial charge in [-0.25, -0.2) is 17.2 Å². The second-order valence-corrected chi connectivity index (χ2v) is 6.12. The maximum atomic E-state index is 12.2. The zero-order chi connectivity index (χ0) is 14.5. The summed E-state index contributed by atoms with van der Waals surface area (Å²) in [4.78, 5) is -0.0693.